The lowest BCUT2D eigenvalue weighted by molar-refractivity contribution is -0.131. The summed E-state index contributed by atoms with van der Waals surface area (Å²) in [4.78, 5) is 13.6. The molecule has 0 saturated carbocycles. The highest BCUT2D eigenvalue weighted by molar-refractivity contribution is 9.10. The molecule has 0 spiro atoms. The van der Waals surface area contributed by atoms with Gasteiger partial charge in [0.1, 0.15) is 12.4 Å². The van der Waals surface area contributed by atoms with E-state index in [1.165, 1.54) is 5.56 Å². The van der Waals surface area contributed by atoms with Gasteiger partial charge in [-0.3, -0.25) is 4.79 Å². The molecule has 0 radical (unpaired) electrons. The average molecular weight is 328 g/mol. The topological polar surface area (TPSA) is 29.5 Å². The molecule has 0 atom stereocenters. The molecular formula is C15H22BrNO2. The predicted molar refractivity (Wildman–Crippen MR) is 82.1 cm³/mol. The van der Waals surface area contributed by atoms with Crippen molar-refractivity contribution in [2.24, 2.45) is 0 Å². The largest absolute Gasteiger partial charge is 0.491 e. The molecule has 0 aliphatic heterocycles. The summed E-state index contributed by atoms with van der Waals surface area (Å²) in [6, 6.07) is 6.09. The van der Waals surface area contributed by atoms with Crippen LogP contribution in [0.1, 0.15) is 25.0 Å². The number of ether oxygens (including phenoxy) is 1. The lowest BCUT2D eigenvalue weighted by atomic mass is 10.1. The number of alkyl halides is 1. The Kier molecular flexibility index (Phi) is 5.41. The van der Waals surface area contributed by atoms with E-state index in [1.807, 2.05) is 32.9 Å². The van der Waals surface area contributed by atoms with Crippen LogP contribution in [0, 0.1) is 13.8 Å². The summed E-state index contributed by atoms with van der Waals surface area (Å²) in [5.74, 6) is 0.932. The molecule has 1 aromatic rings. The van der Waals surface area contributed by atoms with E-state index < -0.39 is 4.32 Å². The lowest BCUT2D eigenvalue weighted by Gasteiger charge is -2.24. The smallest absolute Gasteiger partial charge is 0.238 e. The molecule has 0 unspecified atom stereocenters. The van der Waals surface area contributed by atoms with Crippen LogP contribution in [0.25, 0.3) is 0 Å². The Balaban J connectivity index is 2.48. The van der Waals surface area contributed by atoms with E-state index in [0.29, 0.717) is 13.2 Å². The lowest BCUT2D eigenvalue weighted by Crippen LogP contribution is -2.41. The van der Waals surface area contributed by atoms with Crippen molar-refractivity contribution in [1.82, 2.24) is 4.90 Å². The first-order valence-electron chi connectivity index (χ1n) is 6.36. The molecule has 0 heterocycles. The third kappa shape index (κ3) is 4.86. The van der Waals surface area contributed by atoms with Gasteiger partial charge in [-0.1, -0.05) is 33.6 Å². The molecule has 0 N–H and O–H groups in total. The van der Waals surface area contributed by atoms with Gasteiger partial charge in [0.05, 0.1) is 10.9 Å². The van der Waals surface area contributed by atoms with Crippen LogP contribution in [-0.2, 0) is 4.79 Å². The van der Waals surface area contributed by atoms with Crippen LogP contribution in [0.5, 0.6) is 5.75 Å². The molecule has 0 fully saturated rings. The van der Waals surface area contributed by atoms with Crippen molar-refractivity contribution < 1.29 is 9.53 Å². The number of carbonyl (C=O) groups excluding carboxylic acids is 1. The Hall–Kier alpha value is -1.03. The van der Waals surface area contributed by atoms with E-state index in [1.54, 1.807) is 11.9 Å². The number of carbonyl (C=O) groups is 1. The molecule has 4 heteroatoms. The Morgan fingerprint density at radius 3 is 2.53 bits per heavy atom. The summed E-state index contributed by atoms with van der Waals surface area (Å²) in [6.45, 7) is 8.84. The van der Waals surface area contributed by atoms with Crippen molar-refractivity contribution in [2.45, 2.75) is 32.0 Å². The standard InChI is InChI=1S/C15H22BrNO2/c1-11-6-7-13(12(2)10-11)19-9-8-17(5)14(18)15(3,4)16/h6-7,10H,8-9H2,1-5H3. The minimum absolute atomic E-state index is 0.0525. The van der Waals surface area contributed by atoms with Crippen LogP contribution in [0.3, 0.4) is 0 Å². The van der Waals surface area contributed by atoms with Crippen LogP contribution < -0.4 is 4.74 Å². The second-order valence-electron chi connectivity index (χ2n) is 5.32. The number of nitrogens with zero attached hydrogens (tertiary/aromatic N) is 1. The van der Waals surface area contributed by atoms with Gasteiger partial charge in [0, 0.05) is 7.05 Å². The maximum atomic E-state index is 11.9. The molecule has 1 rings (SSSR count). The average Bonchev–Trinajstić information content (AvgIpc) is 2.29. The molecule has 0 bridgehead atoms. The first kappa shape index (κ1) is 16.0. The zero-order valence-corrected chi connectivity index (χ0v) is 13.9. The number of aryl methyl sites for hydroxylation is 2. The van der Waals surface area contributed by atoms with Crippen molar-refractivity contribution in [1.29, 1.82) is 0 Å². The van der Waals surface area contributed by atoms with Gasteiger partial charge in [-0.2, -0.15) is 0 Å². The number of hydrogen-bond acceptors (Lipinski definition) is 2. The summed E-state index contributed by atoms with van der Waals surface area (Å²) in [5, 5.41) is 0. The summed E-state index contributed by atoms with van der Waals surface area (Å²) < 4.78 is 5.19. The van der Waals surface area contributed by atoms with Gasteiger partial charge in [-0.05, 0) is 39.3 Å². The van der Waals surface area contributed by atoms with E-state index in [9.17, 15) is 4.79 Å². The van der Waals surface area contributed by atoms with E-state index in [2.05, 4.69) is 28.9 Å². The van der Waals surface area contributed by atoms with Crippen LogP contribution in [0.15, 0.2) is 18.2 Å². The van der Waals surface area contributed by atoms with Crippen LogP contribution in [0.4, 0.5) is 0 Å². The summed E-state index contributed by atoms with van der Waals surface area (Å²) in [5.41, 5.74) is 2.34. The highest BCUT2D eigenvalue weighted by Crippen LogP contribution is 2.20. The Morgan fingerprint density at radius 2 is 2.00 bits per heavy atom. The summed E-state index contributed by atoms with van der Waals surface area (Å²) >= 11 is 3.37. The molecule has 0 aliphatic rings. The highest BCUT2D eigenvalue weighted by Gasteiger charge is 2.26. The molecule has 1 aromatic carbocycles. The number of halogens is 1. The van der Waals surface area contributed by atoms with Crippen molar-refractivity contribution in [3.8, 4) is 5.75 Å². The number of amides is 1. The monoisotopic (exact) mass is 327 g/mol. The molecule has 3 nitrogen and oxygen atoms in total. The van der Waals surface area contributed by atoms with Gasteiger partial charge in [-0.15, -0.1) is 0 Å². The SMILES string of the molecule is Cc1ccc(OCCN(C)C(=O)C(C)(C)Br)c(C)c1. The summed E-state index contributed by atoms with van der Waals surface area (Å²) in [7, 11) is 1.79. The Labute approximate surface area is 124 Å². The van der Waals surface area contributed by atoms with Crippen LogP contribution >= 0.6 is 15.9 Å². The quantitative estimate of drug-likeness (QED) is 0.776. The number of hydrogen-bond donors (Lipinski definition) is 0. The molecule has 1 amide bonds. The zero-order chi connectivity index (χ0) is 14.6. The fraction of sp³-hybridized carbons (Fsp3) is 0.533. The number of likely N-dealkylation sites (N-methyl/N-ethyl adjacent to an activating group) is 1. The first-order chi connectivity index (χ1) is 8.71. The molecular weight excluding hydrogens is 306 g/mol. The van der Waals surface area contributed by atoms with Gasteiger partial charge < -0.3 is 9.64 Å². The van der Waals surface area contributed by atoms with Crippen molar-refractivity contribution in [2.75, 3.05) is 20.2 Å². The van der Waals surface area contributed by atoms with Crippen LogP contribution in [-0.4, -0.2) is 35.3 Å². The third-order valence-corrected chi connectivity index (χ3v) is 3.21. The predicted octanol–water partition coefficient (Wildman–Crippen LogP) is 3.31. The maximum Gasteiger partial charge on any atom is 0.238 e. The van der Waals surface area contributed by atoms with Gasteiger partial charge in [0.2, 0.25) is 5.91 Å². The first-order valence-corrected chi connectivity index (χ1v) is 7.15. The van der Waals surface area contributed by atoms with Crippen LogP contribution in [0.2, 0.25) is 0 Å². The second kappa shape index (κ2) is 6.42. The minimum atomic E-state index is -0.526. The molecule has 106 valence electrons. The fourth-order valence-electron chi connectivity index (χ4n) is 1.81. The normalized spacial score (nSPS) is 11.3. The van der Waals surface area contributed by atoms with E-state index >= 15 is 0 Å². The van der Waals surface area contributed by atoms with Crippen molar-refractivity contribution >= 4 is 21.8 Å². The van der Waals surface area contributed by atoms with Gasteiger partial charge in [0.15, 0.2) is 0 Å². The number of benzene rings is 1. The Bertz CT molecular complexity index is 452. The molecule has 0 aromatic heterocycles. The van der Waals surface area contributed by atoms with Crippen molar-refractivity contribution in [3.05, 3.63) is 29.3 Å². The van der Waals surface area contributed by atoms with Gasteiger partial charge in [0.25, 0.3) is 0 Å². The number of rotatable bonds is 5. The van der Waals surface area contributed by atoms with E-state index in [4.69, 9.17) is 4.74 Å². The molecule has 19 heavy (non-hydrogen) atoms. The van der Waals surface area contributed by atoms with E-state index in [-0.39, 0.29) is 5.91 Å². The minimum Gasteiger partial charge on any atom is -0.491 e. The third-order valence-electron chi connectivity index (χ3n) is 2.87. The molecule has 0 saturated heterocycles. The highest BCUT2D eigenvalue weighted by atomic mass is 79.9. The Morgan fingerprint density at radius 1 is 1.37 bits per heavy atom. The molecule has 0 aliphatic carbocycles. The van der Waals surface area contributed by atoms with E-state index in [0.717, 1.165) is 11.3 Å². The van der Waals surface area contributed by atoms with Gasteiger partial charge in [-0.25, -0.2) is 0 Å². The fourth-order valence-corrected chi connectivity index (χ4v) is 2.11. The van der Waals surface area contributed by atoms with Crippen molar-refractivity contribution in [3.63, 3.8) is 0 Å². The zero-order valence-electron chi connectivity index (χ0n) is 12.3. The summed E-state index contributed by atoms with van der Waals surface area (Å²) in [6.07, 6.45) is 0. The second-order valence-corrected chi connectivity index (χ2v) is 7.30. The maximum absolute atomic E-state index is 11.9. The van der Waals surface area contributed by atoms with Gasteiger partial charge >= 0.3 is 0 Å².